The monoisotopic (exact) mass is 257 g/mol. The molecule has 19 heavy (non-hydrogen) atoms. The normalized spacial score (nSPS) is 16.9. The van der Waals surface area contributed by atoms with Gasteiger partial charge in [0.25, 0.3) is 0 Å². The fourth-order valence-corrected chi connectivity index (χ4v) is 2.85. The van der Waals surface area contributed by atoms with Crippen molar-refractivity contribution in [3.63, 3.8) is 0 Å². The molecule has 0 unspecified atom stereocenters. The van der Waals surface area contributed by atoms with Crippen LogP contribution in [0.5, 0.6) is 0 Å². The molecule has 0 bridgehead atoms. The third kappa shape index (κ3) is 2.40. The van der Waals surface area contributed by atoms with Crippen molar-refractivity contribution in [3.8, 4) is 0 Å². The number of rotatable bonds is 3. The summed E-state index contributed by atoms with van der Waals surface area (Å²) in [5, 5.41) is 3.39. The van der Waals surface area contributed by atoms with Crippen LogP contribution in [0.15, 0.2) is 18.3 Å². The molecule has 0 aliphatic carbocycles. The molecule has 1 aliphatic rings. The third-order valence-electron chi connectivity index (χ3n) is 4.06. The van der Waals surface area contributed by atoms with E-state index in [2.05, 4.69) is 12.2 Å². The Morgan fingerprint density at radius 1 is 1.42 bits per heavy atom. The van der Waals surface area contributed by atoms with E-state index in [1.54, 1.807) is 0 Å². The van der Waals surface area contributed by atoms with Crippen molar-refractivity contribution in [1.29, 1.82) is 0 Å². The van der Waals surface area contributed by atoms with Crippen LogP contribution in [0, 0.1) is 12.8 Å². The number of hydrogen-bond acceptors (Lipinski definition) is 3. The zero-order chi connectivity index (χ0) is 13.2. The van der Waals surface area contributed by atoms with Crippen molar-refractivity contribution in [3.05, 3.63) is 35.3 Å². The van der Waals surface area contributed by atoms with Crippen LogP contribution in [0.25, 0.3) is 5.65 Å². The van der Waals surface area contributed by atoms with Gasteiger partial charge in [-0.05, 0) is 57.3 Å². The van der Waals surface area contributed by atoms with Crippen LogP contribution in [-0.4, -0.2) is 28.8 Å². The highest BCUT2D eigenvalue weighted by atomic mass is 16.1. The lowest BCUT2D eigenvalue weighted by Crippen LogP contribution is -2.28. The molecule has 2 aromatic rings. The Bertz CT molecular complexity index is 597. The number of fused-ring (bicyclic) bond motifs is 1. The molecule has 0 atom stereocenters. The van der Waals surface area contributed by atoms with E-state index in [0.717, 1.165) is 43.1 Å². The molecular formula is C15H19N3O. The lowest BCUT2D eigenvalue weighted by Gasteiger charge is -2.21. The summed E-state index contributed by atoms with van der Waals surface area (Å²) in [4.78, 5) is 15.6. The molecule has 1 fully saturated rings. The van der Waals surface area contributed by atoms with Crippen molar-refractivity contribution in [1.82, 2.24) is 14.7 Å². The van der Waals surface area contributed by atoms with Crippen molar-refractivity contribution >= 4 is 11.9 Å². The van der Waals surface area contributed by atoms with Gasteiger partial charge in [0.2, 0.25) is 0 Å². The van der Waals surface area contributed by atoms with E-state index in [0.29, 0.717) is 5.56 Å². The molecular weight excluding hydrogens is 238 g/mol. The molecule has 0 radical (unpaired) electrons. The van der Waals surface area contributed by atoms with Crippen LogP contribution in [0.4, 0.5) is 0 Å². The van der Waals surface area contributed by atoms with E-state index < -0.39 is 0 Å². The molecule has 1 N–H and O–H groups in total. The highest BCUT2D eigenvalue weighted by Crippen LogP contribution is 2.21. The van der Waals surface area contributed by atoms with Crippen LogP contribution in [0.1, 0.15) is 34.6 Å². The Morgan fingerprint density at radius 3 is 2.95 bits per heavy atom. The van der Waals surface area contributed by atoms with Crippen LogP contribution < -0.4 is 5.32 Å². The van der Waals surface area contributed by atoms with E-state index in [1.807, 2.05) is 22.7 Å². The minimum Gasteiger partial charge on any atom is -0.317 e. The second kappa shape index (κ2) is 5.13. The molecule has 4 nitrogen and oxygen atoms in total. The molecule has 0 spiro atoms. The summed E-state index contributed by atoms with van der Waals surface area (Å²) in [5.41, 5.74) is 3.97. The number of carbonyl (C=O) groups excluding carboxylic acids is 1. The van der Waals surface area contributed by atoms with Crippen LogP contribution >= 0.6 is 0 Å². The summed E-state index contributed by atoms with van der Waals surface area (Å²) >= 11 is 0. The van der Waals surface area contributed by atoms with Gasteiger partial charge in [0.15, 0.2) is 6.29 Å². The molecule has 0 amide bonds. The quantitative estimate of drug-likeness (QED) is 0.855. The second-order valence-corrected chi connectivity index (χ2v) is 5.35. The predicted octanol–water partition coefficient (Wildman–Crippen LogP) is 2.00. The number of aromatic nitrogens is 2. The van der Waals surface area contributed by atoms with Gasteiger partial charge < -0.3 is 9.72 Å². The summed E-state index contributed by atoms with van der Waals surface area (Å²) < 4.78 is 2.03. The number of nitrogens with zero attached hydrogens (tertiary/aromatic N) is 2. The Hall–Kier alpha value is -1.68. The van der Waals surface area contributed by atoms with Gasteiger partial charge in [-0.1, -0.05) is 0 Å². The molecule has 0 saturated carbocycles. The first-order valence-electron chi connectivity index (χ1n) is 6.91. The Kier molecular flexibility index (Phi) is 3.34. The Morgan fingerprint density at radius 2 is 2.21 bits per heavy atom. The van der Waals surface area contributed by atoms with Gasteiger partial charge in [-0.3, -0.25) is 4.79 Å². The van der Waals surface area contributed by atoms with Crippen molar-refractivity contribution in [2.24, 2.45) is 5.92 Å². The third-order valence-corrected chi connectivity index (χ3v) is 4.06. The molecule has 1 aliphatic heterocycles. The van der Waals surface area contributed by atoms with Crippen LogP contribution in [0.2, 0.25) is 0 Å². The van der Waals surface area contributed by atoms with E-state index in [1.165, 1.54) is 18.5 Å². The average molecular weight is 257 g/mol. The molecule has 3 rings (SSSR count). The first-order chi connectivity index (χ1) is 9.28. The smallest absolute Gasteiger partial charge is 0.151 e. The van der Waals surface area contributed by atoms with Gasteiger partial charge in [0, 0.05) is 17.5 Å². The first-order valence-corrected chi connectivity index (χ1v) is 6.91. The summed E-state index contributed by atoms with van der Waals surface area (Å²) in [6.07, 6.45) is 6.26. The number of imidazole rings is 1. The summed E-state index contributed by atoms with van der Waals surface area (Å²) in [6, 6.07) is 3.74. The number of aryl methyl sites for hydroxylation is 1. The van der Waals surface area contributed by atoms with Gasteiger partial charge in [-0.15, -0.1) is 0 Å². The van der Waals surface area contributed by atoms with E-state index in [-0.39, 0.29) is 0 Å². The standard InChI is InChI=1S/C15H19N3O/c1-11-14(8-12-4-6-16-7-5-12)17-15-3-2-13(10-19)9-18(11)15/h2-3,9-10,12,16H,4-8H2,1H3. The van der Waals surface area contributed by atoms with Crippen LogP contribution in [-0.2, 0) is 6.42 Å². The van der Waals surface area contributed by atoms with Gasteiger partial charge in [-0.25, -0.2) is 4.98 Å². The van der Waals surface area contributed by atoms with E-state index in [9.17, 15) is 4.79 Å². The zero-order valence-electron chi connectivity index (χ0n) is 11.2. The minimum atomic E-state index is 0.696. The SMILES string of the molecule is Cc1c(CC2CCNCC2)nc2ccc(C=O)cn12. The number of aldehydes is 1. The highest BCUT2D eigenvalue weighted by Gasteiger charge is 2.17. The van der Waals surface area contributed by atoms with Gasteiger partial charge in [0.1, 0.15) is 5.65 Å². The number of carbonyl (C=O) groups is 1. The molecule has 2 aromatic heterocycles. The summed E-state index contributed by atoms with van der Waals surface area (Å²) in [5.74, 6) is 0.732. The maximum atomic E-state index is 10.8. The van der Waals surface area contributed by atoms with Gasteiger partial charge in [-0.2, -0.15) is 0 Å². The van der Waals surface area contributed by atoms with Gasteiger partial charge in [0.05, 0.1) is 5.69 Å². The largest absolute Gasteiger partial charge is 0.317 e. The van der Waals surface area contributed by atoms with Crippen molar-refractivity contribution in [2.75, 3.05) is 13.1 Å². The molecule has 3 heterocycles. The van der Waals surface area contributed by atoms with Gasteiger partial charge >= 0.3 is 0 Å². The topological polar surface area (TPSA) is 46.4 Å². The zero-order valence-corrected chi connectivity index (χ0v) is 11.2. The molecule has 0 aromatic carbocycles. The maximum Gasteiger partial charge on any atom is 0.151 e. The number of pyridine rings is 1. The fraction of sp³-hybridized carbons (Fsp3) is 0.467. The molecule has 4 heteroatoms. The van der Waals surface area contributed by atoms with Crippen molar-refractivity contribution < 1.29 is 4.79 Å². The van der Waals surface area contributed by atoms with Crippen LogP contribution in [0.3, 0.4) is 0 Å². The lowest BCUT2D eigenvalue weighted by atomic mass is 9.93. The first kappa shape index (κ1) is 12.4. The number of nitrogens with one attached hydrogen (secondary N) is 1. The lowest BCUT2D eigenvalue weighted by molar-refractivity contribution is 0.112. The molecule has 1 saturated heterocycles. The summed E-state index contributed by atoms with van der Waals surface area (Å²) in [7, 11) is 0. The average Bonchev–Trinajstić information content (AvgIpc) is 2.76. The number of piperidine rings is 1. The fourth-order valence-electron chi connectivity index (χ4n) is 2.85. The minimum absolute atomic E-state index is 0.696. The number of hydrogen-bond donors (Lipinski definition) is 1. The Labute approximate surface area is 112 Å². The van der Waals surface area contributed by atoms with E-state index in [4.69, 9.17) is 4.98 Å². The maximum absolute atomic E-state index is 10.8. The second-order valence-electron chi connectivity index (χ2n) is 5.35. The Balaban J connectivity index is 1.90. The van der Waals surface area contributed by atoms with Crippen molar-refractivity contribution in [2.45, 2.75) is 26.2 Å². The summed E-state index contributed by atoms with van der Waals surface area (Å²) in [6.45, 7) is 4.32. The predicted molar refractivity (Wildman–Crippen MR) is 74.6 cm³/mol. The highest BCUT2D eigenvalue weighted by molar-refractivity contribution is 5.75. The van der Waals surface area contributed by atoms with E-state index >= 15 is 0 Å². The molecule has 100 valence electrons.